The average Bonchev–Trinajstić information content (AvgIpc) is 2.58. The molecule has 0 aliphatic heterocycles. The lowest BCUT2D eigenvalue weighted by molar-refractivity contribution is 0.502. The van der Waals surface area contributed by atoms with Crippen LogP contribution in [0.15, 0.2) is 84.9 Å². The molecule has 0 amide bonds. The zero-order valence-corrected chi connectivity index (χ0v) is 14.3. The molecule has 0 aliphatic rings. The van der Waals surface area contributed by atoms with Gasteiger partial charge in [0, 0.05) is 5.56 Å². The third-order valence-corrected chi connectivity index (χ3v) is 6.62. The van der Waals surface area contributed by atoms with Gasteiger partial charge in [-0.25, -0.2) is 0 Å². The summed E-state index contributed by atoms with van der Waals surface area (Å²) in [6.07, 6.45) is 0.213. The molecule has 114 valence electrons. The molecule has 3 aromatic carbocycles. The summed E-state index contributed by atoms with van der Waals surface area (Å²) in [5.74, 6) is 0. The zero-order valence-electron chi connectivity index (χ0n) is 12.5. The van der Waals surface area contributed by atoms with Crippen LogP contribution in [0.2, 0.25) is 0 Å². The van der Waals surface area contributed by atoms with E-state index in [1.54, 1.807) is 0 Å². The second kappa shape index (κ2) is 7.62. The van der Waals surface area contributed by atoms with E-state index in [2.05, 4.69) is 60.7 Å². The Morgan fingerprint density at radius 3 is 1.57 bits per heavy atom. The molecule has 0 aliphatic carbocycles. The fraction of sp³-hybridized carbons (Fsp3) is 0.0526. The van der Waals surface area contributed by atoms with Crippen molar-refractivity contribution in [1.29, 1.82) is 0 Å². The fourth-order valence-electron chi connectivity index (χ4n) is 2.51. The standard InChI is InChI=1S/C19H16O2P2/c20-22(21)15-16-11-13-19(14-12-16)23(17-7-3-1-4-8-17)18-9-5-2-6-10-18/h1-14H,15H2/p+1. The van der Waals surface area contributed by atoms with E-state index in [0.717, 1.165) is 5.56 Å². The maximum Gasteiger partial charge on any atom is 0.510 e. The molecular weight excluding hydrogens is 322 g/mol. The third kappa shape index (κ3) is 4.12. The molecule has 4 heteroatoms. The molecule has 0 heterocycles. The van der Waals surface area contributed by atoms with Gasteiger partial charge in [-0.15, -0.1) is 0 Å². The van der Waals surface area contributed by atoms with Crippen LogP contribution in [-0.4, -0.2) is 4.89 Å². The molecule has 1 N–H and O–H groups in total. The highest BCUT2D eigenvalue weighted by Crippen LogP contribution is 2.33. The molecule has 0 aromatic heterocycles. The van der Waals surface area contributed by atoms with Crippen molar-refractivity contribution in [1.82, 2.24) is 0 Å². The Morgan fingerprint density at radius 2 is 1.13 bits per heavy atom. The van der Waals surface area contributed by atoms with Crippen LogP contribution in [0.5, 0.6) is 0 Å². The first-order valence-corrected chi connectivity index (χ1v) is 10.1. The van der Waals surface area contributed by atoms with Crippen LogP contribution >= 0.6 is 15.9 Å². The Balaban J connectivity index is 2.00. The van der Waals surface area contributed by atoms with Gasteiger partial charge in [0.05, 0.1) is 0 Å². The highest BCUT2D eigenvalue weighted by molar-refractivity contribution is 7.79. The maximum atomic E-state index is 11.0. The molecule has 3 rings (SSSR count). The SMILES string of the molecule is O=[P+](O)Cc1ccc(P(c2ccccc2)c2ccccc2)cc1. The van der Waals surface area contributed by atoms with Crippen molar-refractivity contribution >= 4 is 31.9 Å². The van der Waals surface area contributed by atoms with Crippen molar-refractivity contribution in [2.45, 2.75) is 6.16 Å². The summed E-state index contributed by atoms with van der Waals surface area (Å²) in [5, 5.41) is 3.85. The molecule has 0 radical (unpaired) electrons. The molecule has 0 saturated carbocycles. The minimum Gasteiger partial charge on any atom is -0.160 e. The second-order valence-electron chi connectivity index (χ2n) is 5.18. The largest absolute Gasteiger partial charge is 0.510 e. The second-order valence-corrected chi connectivity index (χ2v) is 8.42. The van der Waals surface area contributed by atoms with E-state index in [0.29, 0.717) is 0 Å². The van der Waals surface area contributed by atoms with Gasteiger partial charge < -0.3 is 0 Å². The van der Waals surface area contributed by atoms with Crippen molar-refractivity contribution in [2.75, 3.05) is 0 Å². The van der Waals surface area contributed by atoms with E-state index in [1.165, 1.54) is 15.9 Å². The summed E-state index contributed by atoms with van der Waals surface area (Å²) in [6.45, 7) is 0. The van der Waals surface area contributed by atoms with Crippen LogP contribution in [0.3, 0.4) is 0 Å². The van der Waals surface area contributed by atoms with Gasteiger partial charge in [-0.2, -0.15) is 4.89 Å². The Kier molecular flexibility index (Phi) is 5.31. The molecule has 23 heavy (non-hydrogen) atoms. The van der Waals surface area contributed by atoms with E-state index in [-0.39, 0.29) is 6.16 Å². The van der Waals surface area contributed by atoms with Gasteiger partial charge in [-0.3, -0.25) is 0 Å². The first-order chi connectivity index (χ1) is 11.2. The van der Waals surface area contributed by atoms with E-state index >= 15 is 0 Å². The lowest BCUT2D eigenvalue weighted by atomic mass is 10.2. The van der Waals surface area contributed by atoms with E-state index in [4.69, 9.17) is 4.89 Å². The van der Waals surface area contributed by atoms with E-state index < -0.39 is 15.9 Å². The number of rotatable bonds is 5. The van der Waals surface area contributed by atoms with Crippen molar-refractivity contribution in [3.8, 4) is 0 Å². The minimum absolute atomic E-state index is 0.213. The zero-order chi connectivity index (χ0) is 16.1. The third-order valence-electron chi connectivity index (χ3n) is 3.54. The molecule has 1 atom stereocenters. The lowest BCUT2D eigenvalue weighted by Crippen LogP contribution is -2.20. The molecule has 0 bridgehead atoms. The fourth-order valence-corrected chi connectivity index (χ4v) is 5.31. The van der Waals surface area contributed by atoms with Crippen molar-refractivity contribution in [2.24, 2.45) is 0 Å². The molecule has 3 aromatic rings. The summed E-state index contributed by atoms with van der Waals surface area (Å²) in [5.41, 5.74) is 0.897. The molecular formula is C19H17O2P2+. The van der Waals surface area contributed by atoms with Crippen LogP contribution in [0, 0.1) is 0 Å². The van der Waals surface area contributed by atoms with Crippen molar-refractivity contribution in [3.63, 3.8) is 0 Å². The smallest absolute Gasteiger partial charge is 0.160 e. The number of hydrogen-bond acceptors (Lipinski definition) is 1. The van der Waals surface area contributed by atoms with E-state index in [9.17, 15) is 4.57 Å². The topological polar surface area (TPSA) is 37.3 Å². The summed E-state index contributed by atoms with van der Waals surface area (Å²) in [6, 6.07) is 29.1. The van der Waals surface area contributed by atoms with Gasteiger partial charge in [0.15, 0.2) is 0 Å². The van der Waals surface area contributed by atoms with Crippen LogP contribution in [0.4, 0.5) is 0 Å². The molecule has 2 nitrogen and oxygen atoms in total. The first kappa shape index (κ1) is 16.0. The number of benzene rings is 3. The Morgan fingerprint density at radius 1 is 0.696 bits per heavy atom. The minimum atomic E-state index is -2.13. The van der Waals surface area contributed by atoms with Crippen LogP contribution < -0.4 is 15.9 Å². The van der Waals surface area contributed by atoms with Crippen LogP contribution in [0.25, 0.3) is 0 Å². The Bertz CT molecular complexity index is 732. The predicted octanol–water partition coefficient (Wildman–Crippen LogP) is 3.68. The Hall–Kier alpha value is -1.85. The van der Waals surface area contributed by atoms with Gasteiger partial charge in [-0.05, 0) is 28.4 Å². The van der Waals surface area contributed by atoms with Crippen LogP contribution in [-0.2, 0) is 10.7 Å². The van der Waals surface area contributed by atoms with E-state index in [1.807, 2.05) is 24.3 Å². The Labute approximate surface area is 138 Å². The first-order valence-electron chi connectivity index (χ1n) is 7.37. The van der Waals surface area contributed by atoms with Crippen LogP contribution in [0.1, 0.15) is 5.56 Å². The molecule has 1 unspecified atom stereocenters. The van der Waals surface area contributed by atoms with Crippen molar-refractivity contribution < 1.29 is 9.46 Å². The number of hydrogen-bond donors (Lipinski definition) is 1. The maximum absolute atomic E-state index is 11.0. The summed E-state index contributed by atoms with van der Waals surface area (Å²) in [4.78, 5) is 9.05. The molecule has 0 fully saturated rings. The average molecular weight is 339 g/mol. The highest BCUT2D eigenvalue weighted by Gasteiger charge is 2.17. The van der Waals surface area contributed by atoms with Gasteiger partial charge in [-0.1, -0.05) is 84.9 Å². The summed E-state index contributed by atoms with van der Waals surface area (Å²) < 4.78 is 11.0. The van der Waals surface area contributed by atoms with Gasteiger partial charge >= 0.3 is 8.03 Å². The predicted molar refractivity (Wildman–Crippen MR) is 98.7 cm³/mol. The van der Waals surface area contributed by atoms with Gasteiger partial charge in [0.25, 0.3) is 0 Å². The van der Waals surface area contributed by atoms with Gasteiger partial charge in [0.1, 0.15) is 0 Å². The van der Waals surface area contributed by atoms with Gasteiger partial charge in [0.2, 0.25) is 6.16 Å². The quantitative estimate of drug-likeness (QED) is 0.720. The summed E-state index contributed by atoms with van der Waals surface area (Å²) in [7, 11) is -2.75. The van der Waals surface area contributed by atoms with Crippen molar-refractivity contribution in [3.05, 3.63) is 90.5 Å². The molecule has 0 saturated heterocycles. The highest BCUT2D eigenvalue weighted by atomic mass is 31.1. The summed E-state index contributed by atoms with van der Waals surface area (Å²) >= 11 is 0. The lowest BCUT2D eigenvalue weighted by Gasteiger charge is -2.19. The monoisotopic (exact) mass is 339 g/mol. The normalized spacial score (nSPS) is 11.5. The molecule has 0 spiro atoms.